The van der Waals surface area contributed by atoms with E-state index in [1.165, 1.54) is 0 Å². The van der Waals surface area contributed by atoms with Crippen LogP contribution in [0, 0.1) is 0 Å². The molecule has 0 aliphatic carbocycles. The zero-order valence-corrected chi connectivity index (χ0v) is 11.2. The van der Waals surface area contributed by atoms with E-state index < -0.39 is 5.91 Å². The smallest absolute Gasteiger partial charge is 0.251 e. The van der Waals surface area contributed by atoms with Crippen LogP contribution in [-0.2, 0) is 4.79 Å². The van der Waals surface area contributed by atoms with Crippen molar-refractivity contribution in [3.8, 4) is 5.75 Å². The molecule has 6 heteroatoms. The molecule has 1 rings (SSSR count). The molecular formula is C13H19N3O3. The van der Waals surface area contributed by atoms with Gasteiger partial charge in [-0.3, -0.25) is 9.59 Å². The lowest BCUT2D eigenvalue weighted by molar-refractivity contribution is -0.117. The van der Waals surface area contributed by atoms with Crippen LogP contribution < -0.4 is 15.8 Å². The third-order valence-electron chi connectivity index (χ3n) is 2.35. The van der Waals surface area contributed by atoms with Gasteiger partial charge in [-0.25, -0.2) is 0 Å². The van der Waals surface area contributed by atoms with Gasteiger partial charge in [0.05, 0.1) is 6.54 Å². The minimum Gasteiger partial charge on any atom is -0.492 e. The molecule has 6 nitrogen and oxygen atoms in total. The third kappa shape index (κ3) is 5.87. The number of ether oxygens (including phenoxy) is 1. The molecule has 0 unspecified atom stereocenters. The van der Waals surface area contributed by atoms with Crippen molar-refractivity contribution in [2.75, 3.05) is 33.8 Å². The molecule has 0 spiro atoms. The first kappa shape index (κ1) is 15.0. The first-order chi connectivity index (χ1) is 8.99. The second-order valence-electron chi connectivity index (χ2n) is 4.33. The zero-order valence-electron chi connectivity index (χ0n) is 11.2. The lowest BCUT2D eigenvalue weighted by atomic mass is 10.2. The number of carbonyl (C=O) groups excluding carboxylic acids is 2. The maximum atomic E-state index is 11.6. The fourth-order valence-corrected chi connectivity index (χ4v) is 1.32. The van der Waals surface area contributed by atoms with Gasteiger partial charge in [0, 0.05) is 12.1 Å². The number of hydrogen-bond acceptors (Lipinski definition) is 4. The number of primary amides is 1. The SMILES string of the molecule is CN(C)CCOc1ccc(C(=O)NCC(N)=O)cc1. The van der Waals surface area contributed by atoms with Crippen LogP contribution in [-0.4, -0.2) is 50.5 Å². The molecule has 0 atom stereocenters. The molecule has 0 heterocycles. The van der Waals surface area contributed by atoms with Crippen molar-refractivity contribution in [2.45, 2.75) is 0 Å². The van der Waals surface area contributed by atoms with Gasteiger partial charge in [-0.15, -0.1) is 0 Å². The summed E-state index contributed by atoms with van der Waals surface area (Å²) in [6, 6.07) is 6.71. The van der Waals surface area contributed by atoms with Gasteiger partial charge in [0.25, 0.3) is 5.91 Å². The molecule has 0 aliphatic rings. The number of carbonyl (C=O) groups is 2. The van der Waals surface area contributed by atoms with Crippen molar-refractivity contribution in [3.05, 3.63) is 29.8 Å². The molecule has 0 saturated carbocycles. The molecule has 3 N–H and O–H groups in total. The van der Waals surface area contributed by atoms with E-state index in [0.717, 1.165) is 6.54 Å². The highest BCUT2D eigenvalue weighted by molar-refractivity contribution is 5.96. The first-order valence-corrected chi connectivity index (χ1v) is 5.93. The zero-order chi connectivity index (χ0) is 14.3. The minimum absolute atomic E-state index is 0.167. The minimum atomic E-state index is -0.572. The Kier molecular flexibility index (Phi) is 5.81. The Morgan fingerprint density at radius 1 is 1.26 bits per heavy atom. The molecular weight excluding hydrogens is 246 g/mol. The predicted octanol–water partition coefficient (Wildman–Crippen LogP) is -0.158. The average molecular weight is 265 g/mol. The maximum Gasteiger partial charge on any atom is 0.251 e. The predicted molar refractivity (Wildman–Crippen MR) is 72.0 cm³/mol. The van der Waals surface area contributed by atoms with Gasteiger partial charge in [-0.1, -0.05) is 0 Å². The van der Waals surface area contributed by atoms with Crippen LogP contribution in [0.25, 0.3) is 0 Å². The highest BCUT2D eigenvalue weighted by Gasteiger charge is 2.06. The Labute approximate surface area is 112 Å². The van der Waals surface area contributed by atoms with Crippen molar-refractivity contribution in [1.29, 1.82) is 0 Å². The van der Waals surface area contributed by atoms with E-state index in [0.29, 0.717) is 17.9 Å². The number of rotatable bonds is 7. The first-order valence-electron chi connectivity index (χ1n) is 5.93. The Bertz CT molecular complexity index is 429. The summed E-state index contributed by atoms with van der Waals surface area (Å²) in [6.45, 7) is 1.24. The van der Waals surface area contributed by atoms with E-state index >= 15 is 0 Å². The van der Waals surface area contributed by atoms with Gasteiger partial charge in [0.1, 0.15) is 12.4 Å². The number of nitrogens with zero attached hydrogens (tertiary/aromatic N) is 1. The molecule has 0 fully saturated rings. The standard InChI is InChI=1S/C13H19N3O3/c1-16(2)7-8-19-11-5-3-10(4-6-11)13(18)15-9-12(14)17/h3-6H,7-9H2,1-2H3,(H2,14,17)(H,15,18). The van der Waals surface area contributed by atoms with Crippen molar-refractivity contribution in [3.63, 3.8) is 0 Å². The van der Waals surface area contributed by atoms with Crippen molar-refractivity contribution >= 4 is 11.8 Å². The summed E-state index contributed by atoms with van der Waals surface area (Å²) in [5, 5.41) is 2.41. The van der Waals surface area contributed by atoms with Crippen LogP contribution in [0.2, 0.25) is 0 Å². The largest absolute Gasteiger partial charge is 0.492 e. The van der Waals surface area contributed by atoms with Crippen LogP contribution in [0.3, 0.4) is 0 Å². The fraction of sp³-hybridized carbons (Fsp3) is 0.385. The van der Waals surface area contributed by atoms with Gasteiger partial charge < -0.3 is 20.7 Å². The van der Waals surface area contributed by atoms with Gasteiger partial charge in [0.2, 0.25) is 5.91 Å². The van der Waals surface area contributed by atoms with Crippen LogP contribution in [0.1, 0.15) is 10.4 Å². The van der Waals surface area contributed by atoms with E-state index in [1.54, 1.807) is 24.3 Å². The van der Waals surface area contributed by atoms with Crippen molar-refractivity contribution in [2.24, 2.45) is 5.73 Å². The van der Waals surface area contributed by atoms with Crippen LogP contribution in [0.4, 0.5) is 0 Å². The van der Waals surface area contributed by atoms with Gasteiger partial charge >= 0.3 is 0 Å². The van der Waals surface area contributed by atoms with Crippen LogP contribution in [0.5, 0.6) is 5.75 Å². The Morgan fingerprint density at radius 2 is 1.89 bits per heavy atom. The number of amides is 2. The topological polar surface area (TPSA) is 84.7 Å². The van der Waals surface area contributed by atoms with Crippen LogP contribution >= 0.6 is 0 Å². The van der Waals surface area contributed by atoms with Gasteiger partial charge in [-0.2, -0.15) is 0 Å². The van der Waals surface area contributed by atoms with E-state index in [-0.39, 0.29) is 12.5 Å². The monoisotopic (exact) mass is 265 g/mol. The Morgan fingerprint density at radius 3 is 2.42 bits per heavy atom. The normalized spacial score (nSPS) is 10.3. The number of nitrogens with two attached hydrogens (primary N) is 1. The summed E-state index contributed by atoms with van der Waals surface area (Å²) in [6.07, 6.45) is 0. The lowest BCUT2D eigenvalue weighted by Crippen LogP contribution is -2.33. The molecule has 19 heavy (non-hydrogen) atoms. The molecule has 2 amide bonds. The third-order valence-corrected chi connectivity index (χ3v) is 2.35. The lowest BCUT2D eigenvalue weighted by Gasteiger charge is -2.11. The Balaban J connectivity index is 2.46. The van der Waals surface area contributed by atoms with Crippen molar-refractivity contribution in [1.82, 2.24) is 10.2 Å². The van der Waals surface area contributed by atoms with Crippen LogP contribution in [0.15, 0.2) is 24.3 Å². The van der Waals surface area contributed by atoms with Crippen molar-refractivity contribution < 1.29 is 14.3 Å². The molecule has 0 aromatic heterocycles. The maximum absolute atomic E-state index is 11.6. The van der Waals surface area contributed by atoms with E-state index in [4.69, 9.17) is 10.5 Å². The summed E-state index contributed by atoms with van der Waals surface area (Å²) < 4.78 is 5.50. The quantitative estimate of drug-likeness (QED) is 0.717. The summed E-state index contributed by atoms with van der Waals surface area (Å²) >= 11 is 0. The number of nitrogens with one attached hydrogen (secondary N) is 1. The molecule has 1 aromatic rings. The number of hydrogen-bond donors (Lipinski definition) is 2. The second kappa shape index (κ2) is 7.38. The molecule has 104 valence electrons. The highest BCUT2D eigenvalue weighted by atomic mass is 16.5. The molecule has 1 aromatic carbocycles. The van der Waals surface area contributed by atoms with E-state index in [9.17, 15) is 9.59 Å². The highest BCUT2D eigenvalue weighted by Crippen LogP contribution is 2.12. The molecule has 0 saturated heterocycles. The molecule has 0 radical (unpaired) electrons. The second-order valence-corrected chi connectivity index (χ2v) is 4.33. The van der Waals surface area contributed by atoms with Gasteiger partial charge in [-0.05, 0) is 38.4 Å². The fourth-order valence-electron chi connectivity index (χ4n) is 1.32. The summed E-state index contributed by atoms with van der Waals surface area (Å²) in [5.74, 6) is -0.205. The number of benzene rings is 1. The Hall–Kier alpha value is -2.08. The summed E-state index contributed by atoms with van der Waals surface area (Å²) in [7, 11) is 3.94. The van der Waals surface area contributed by atoms with E-state index in [1.807, 2.05) is 19.0 Å². The summed E-state index contributed by atoms with van der Waals surface area (Å²) in [5.41, 5.74) is 5.40. The van der Waals surface area contributed by atoms with E-state index in [2.05, 4.69) is 5.32 Å². The summed E-state index contributed by atoms with van der Waals surface area (Å²) in [4.78, 5) is 24.2. The average Bonchev–Trinajstić information content (AvgIpc) is 2.36. The molecule has 0 bridgehead atoms. The van der Waals surface area contributed by atoms with Gasteiger partial charge in [0.15, 0.2) is 0 Å². The molecule has 0 aliphatic heterocycles. The number of likely N-dealkylation sites (N-methyl/N-ethyl adjacent to an activating group) is 1.